The molecule has 1 atom stereocenters. The Hall–Kier alpha value is -3.25. The molecule has 1 saturated heterocycles. The second kappa shape index (κ2) is 9.32. The predicted octanol–water partition coefficient (Wildman–Crippen LogP) is 3.89. The number of carbonyl (C=O) groups is 4. The molecule has 2 amide bonds. The Labute approximate surface area is 196 Å². The van der Waals surface area contributed by atoms with E-state index in [0.29, 0.717) is 36.3 Å². The van der Waals surface area contributed by atoms with Crippen molar-refractivity contribution in [3.8, 4) is 0 Å². The number of nitrogens with zero attached hydrogens (tertiary/aromatic N) is 1. The number of amides is 2. The number of fused-ring (bicyclic) bond motifs is 2. The summed E-state index contributed by atoms with van der Waals surface area (Å²) in [7, 11) is 0. The molecule has 1 aliphatic carbocycles. The minimum absolute atomic E-state index is 0.00513. The molecule has 0 bridgehead atoms. The molecule has 2 aromatic rings. The van der Waals surface area contributed by atoms with Crippen molar-refractivity contribution in [1.82, 2.24) is 4.90 Å². The van der Waals surface area contributed by atoms with Crippen molar-refractivity contribution in [2.45, 2.75) is 43.9 Å². The van der Waals surface area contributed by atoms with Crippen LogP contribution in [0.1, 0.15) is 42.4 Å². The normalized spacial score (nSPS) is 20.1. The third kappa shape index (κ3) is 4.48. The van der Waals surface area contributed by atoms with Gasteiger partial charge >= 0.3 is 5.97 Å². The van der Waals surface area contributed by atoms with Gasteiger partial charge in [0.05, 0.1) is 6.42 Å². The summed E-state index contributed by atoms with van der Waals surface area (Å²) < 4.78 is 0. The molecule has 1 spiro atoms. The first kappa shape index (κ1) is 22.9. The van der Waals surface area contributed by atoms with Gasteiger partial charge in [0.2, 0.25) is 11.8 Å². The van der Waals surface area contributed by atoms with Gasteiger partial charge in [-0.25, -0.2) is 0 Å². The number of hydrogen-bond donors (Lipinski definition) is 1. The molecule has 7 heteroatoms. The number of carboxylic acid groups (broad SMARTS) is 1. The van der Waals surface area contributed by atoms with E-state index in [-0.39, 0.29) is 25.3 Å². The second-order valence-corrected chi connectivity index (χ2v) is 9.00. The van der Waals surface area contributed by atoms with E-state index < -0.39 is 23.1 Å². The molecule has 33 heavy (non-hydrogen) atoms. The van der Waals surface area contributed by atoms with Gasteiger partial charge in [0.1, 0.15) is 5.41 Å². The number of aliphatic carboxylic acids is 1. The number of likely N-dealkylation sites (tertiary alicyclic amines) is 1. The lowest BCUT2D eigenvalue weighted by molar-refractivity contribution is -0.141. The number of benzene rings is 2. The highest BCUT2D eigenvalue weighted by atomic mass is 35.5. The molecule has 1 N–H and O–H groups in total. The van der Waals surface area contributed by atoms with E-state index >= 15 is 0 Å². The van der Waals surface area contributed by atoms with Crippen molar-refractivity contribution in [3.05, 3.63) is 81.9 Å². The van der Waals surface area contributed by atoms with Crippen LogP contribution in [-0.2, 0) is 37.4 Å². The van der Waals surface area contributed by atoms with E-state index in [9.17, 15) is 19.2 Å². The van der Waals surface area contributed by atoms with Crippen LogP contribution in [0.2, 0.25) is 5.02 Å². The summed E-state index contributed by atoms with van der Waals surface area (Å²) in [4.78, 5) is 52.3. The first-order chi connectivity index (χ1) is 15.8. The number of rotatable bonds is 7. The number of carbonyl (C=O) groups excluding carboxylic acids is 3. The molecule has 170 valence electrons. The van der Waals surface area contributed by atoms with Crippen LogP contribution >= 0.6 is 11.6 Å². The van der Waals surface area contributed by atoms with E-state index in [1.165, 1.54) is 11.0 Å². The van der Waals surface area contributed by atoms with Crippen molar-refractivity contribution in [2.24, 2.45) is 0 Å². The van der Waals surface area contributed by atoms with E-state index in [1.807, 2.05) is 30.3 Å². The number of ketones is 1. The highest BCUT2D eigenvalue weighted by molar-refractivity contribution is 6.31. The molecule has 1 fully saturated rings. The van der Waals surface area contributed by atoms with E-state index in [2.05, 4.69) is 0 Å². The average Bonchev–Trinajstić information content (AvgIpc) is 2.97. The summed E-state index contributed by atoms with van der Waals surface area (Å²) >= 11 is 6.25. The SMILES string of the molecule is O=C(O)CCCC1=CC(=O)C2(CC(=O)N(CCc3ccccc3)C2=O)c2cc(Cl)ccc2C1. The van der Waals surface area contributed by atoms with Crippen molar-refractivity contribution < 1.29 is 24.3 Å². The van der Waals surface area contributed by atoms with Crippen LogP contribution in [0.3, 0.4) is 0 Å². The Morgan fingerprint density at radius 2 is 1.82 bits per heavy atom. The Balaban J connectivity index is 1.68. The zero-order valence-electron chi connectivity index (χ0n) is 18.1. The number of carboxylic acids is 1. The highest BCUT2D eigenvalue weighted by Gasteiger charge is 2.58. The maximum atomic E-state index is 13.7. The molecule has 1 aliphatic heterocycles. The maximum Gasteiger partial charge on any atom is 0.303 e. The molecule has 6 nitrogen and oxygen atoms in total. The van der Waals surface area contributed by atoms with Crippen molar-refractivity contribution in [3.63, 3.8) is 0 Å². The van der Waals surface area contributed by atoms with E-state index in [1.54, 1.807) is 18.2 Å². The zero-order valence-corrected chi connectivity index (χ0v) is 18.8. The summed E-state index contributed by atoms with van der Waals surface area (Å²) in [5, 5.41) is 9.33. The third-order valence-corrected chi connectivity index (χ3v) is 6.62. The molecule has 1 unspecified atom stereocenters. The van der Waals surface area contributed by atoms with Gasteiger partial charge in [-0.1, -0.05) is 53.6 Å². The monoisotopic (exact) mass is 465 g/mol. The van der Waals surface area contributed by atoms with Crippen LogP contribution in [0.4, 0.5) is 0 Å². The van der Waals surface area contributed by atoms with Crippen molar-refractivity contribution >= 4 is 35.2 Å². The number of allylic oxidation sites excluding steroid dienone is 2. The summed E-state index contributed by atoms with van der Waals surface area (Å²) in [6.07, 6.45) is 2.94. The van der Waals surface area contributed by atoms with Crippen LogP contribution < -0.4 is 0 Å². The molecule has 2 aromatic carbocycles. The number of halogens is 1. The van der Waals surface area contributed by atoms with Gasteiger partial charge in [-0.15, -0.1) is 0 Å². The standard InChI is InChI=1S/C26H24ClNO5/c27-20-10-9-19-13-18(7-4-8-24(31)32)14-22(29)26(21(19)15-20)16-23(30)28(25(26)33)12-11-17-5-2-1-3-6-17/h1-3,5-6,9-10,14-15H,4,7-8,11-13,16H2,(H,31,32). The largest absolute Gasteiger partial charge is 0.481 e. The molecule has 1 heterocycles. The second-order valence-electron chi connectivity index (χ2n) is 8.56. The lowest BCUT2D eigenvalue weighted by Gasteiger charge is -2.26. The summed E-state index contributed by atoms with van der Waals surface area (Å²) in [6, 6.07) is 14.7. The molecule has 4 rings (SSSR count). The van der Waals surface area contributed by atoms with Crippen LogP contribution in [-0.4, -0.2) is 40.1 Å². The topological polar surface area (TPSA) is 91.8 Å². The van der Waals surface area contributed by atoms with Gasteiger partial charge in [-0.3, -0.25) is 24.1 Å². The molecule has 0 saturated carbocycles. The molecular weight excluding hydrogens is 442 g/mol. The fraction of sp³-hybridized carbons (Fsp3) is 0.308. The summed E-state index contributed by atoms with van der Waals surface area (Å²) in [5.41, 5.74) is 1.37. The Morgan fingerprint density at radius 1 is 1.06 bits per heavy atom. The Morgan fingerprint density at radius 3 is 2.55 bits per heavy atom. The average molecular weight is 466 g/mol. The number of imide groups is 1. The Bertz CT molecular complexity index is 1160. The molecular formula is C26H24ClNO5. The number of hydrogen-bond acceptors (Lipinski definition) is 4. The quantitative estimate of drug-likeness (QED) is 0.494. The zero-order chi connectivity index (χ0) is 23.6. The first-order valence-electron chi connectivity index (χ1n) is 10.9. The molecule has 0 aromatic heterocycles. The highest BCUT2D eigenvalue weighted by Crippen LogP contribution is 2.43. The van der Waals surface area contributed by atoms with E-state index in [4.69, 9.17) is 16.7 Å². The van der Waals surface area contributed by atoms with Gasteiger partial charge in [0.15, 0.2) is 5.78 Å². The lowest BCUT2D eigenvalue weighted by atomic mass is 9.74. The van der Waals surface area contributed by atoms with Crippen molar-refractivity contribution in [1.29, 1.82) is 0 Å². The smallest absolute Gasteiger partial charge is 0.303 e. The maximum absolute atomic E-state index is 13.7. The van der Waals surface area contributed by atoms with Crippen LogP contribution in [0.25, 0.3) is 0 Å². The Kier molecular flexibility index (Phi) is 6.47. The van der Waals surface area contributed by atoms with Gasteiger partial charge in [-0.05, 0) is 60.6 Å². The minimum atomic E-state index is -1.62. The van der Waals surface area contributed by atoms with Gasteiger partial charge < -0.3 is 5.11 Å². The first-order valence-corrected chi connectivity index (χ1v) is 11.3. The van der Waals surface area contributed by atoms with E-state index in [0.717, 1.165) is 16.7 Å². The van der Waals surface area contributed by atoms with Crippen molar-refractivity contribution in [2.75, 3.05) is 6.54 Å². The van der Waals surface area contributed by atoms with Gasteiger partial charge in [0, 0.05) is 18.0 Å². The predicted molar refractivity (Wildman–Crippen MR) is 123 cm³/mol. The molecule has 2 aliphatic rings. The van der Waals surface area contributed by atoms with Gasteiger partial charge in [0.25, 0.3) is 0 Å². The van der Waals surface area contributed by atoms with Crippen LogP contribution in [0.5, 0.6) is 0 Å². The van der Waals surface area contributed by atoms with Crippen LogP contribution in [0, 0.1) is 0 Å². The summed E-state index contributed by atoms with van der Waals surface area (Å²) in [5.74, 6) is -2.22. The fourth-order valence-corrected chi connectivity index (χ4v) is 4.89. The minimum Gasteiger partial charge on any atom is -0.481 e. The van der Waals surface area contributed by atoms with Gasteiger partial charge in [-0.2, -0.15) is 0 Å². The van der Waals surface area contributed by atoms with Crippen LogP contribution in [0.15, 0.2) is 60.2 Å². The fourth-order valence-electron chi connectivity index (χ4n) is 4.72. The molecule has 0 radical (unpaired) electrons. The lowest BCUT2D eigenvalue weighted by Crippen LogP contribution is -2.44. The third-order valence-electron chi connectivity index (χ3n) is 6.39. The summed E-state index contributed by atoms with van der Waals surface area (Å²) in [6.45, 7) is 0.196.